The molecule has 1 heterocycles. The fraction of sp³-hybridized carbons (Fsp3) is 0.571. The number of halogens is 3. The minimum absolute atomic E-state index is 0.223. The molecule has 1 saturated carbocycles. The van der Waals surface area contributed by atoms with Crippen LogP contribution in [0.5, 0.6) is 0 Å². The summed E-state index contributed by atoms with van der Waals surface area (Å²) in [6.45, 7) is 0. The second kappa shape index (κ2) is 5.75. The van der Waals surface area contributed by atoms with Gasteiger partial charge < -0.3 is 0 Å². The summed E-state index contributed by atoms with van der Waals surface area (Å²) in [5.74, 6) is 0.417. The van der Waals surface area contributed by atoms with Crippen molar-refractivity contribution in [2.45, 2.75) is 40.1 Å². The van der Waals surface area contributed by atoms with Gasteiger partial charge in [-0.2, -0.15) is 0 Å². The van der Waals surface area contributed by atoms with Crippen LogP contribution in [0.2, 0.25) is 4.82 Å². The molecule has 0 amide bonds. The summed E-state index contributed by atoms with van der Waals surface area (Å²) in [4.78, 5) is 0.614. The summed E-state index contributed by atoms with van der Waals surface area (Å²) >= 11 is 18.5. The molecule has 1 aliphatic carbocycles. The van der Waals surface area contributed by atoms with Gasteiger partial charge in [0.05, 0.1) is 0 Å². The number of alkyl halides is 3. The quantitative estimate of drug-likeness (QED) is 0.557. The predicted octanol–water partition coefficient (Wildman–Crippen LogP) is 3.74. The summed E-state index contributed by atoms with van der Waals surface area (Å²) in [7, 11) is 0. The van der Waals surface area contributed by atoms with E-state index in [4.69, 9.17) is 39.5 Å². The molecule has 104 valence electrons. The maximum absolute atomic E-state index is 6.05. The molecule has 0 radical (unpaired) electrons. The Morgan fingerprint density at radius 2 is 1.84 bits per heavy atom. The van der Waals surface area contributed by atoms with Crippen LogP contribution in [0.4, 0.5) is 0 Å². The molecule has 5 heteroatoms. The molecule has 3 rings (SSSR count). The van der Waals surface area contributed by atoms with E-state index in [0.29, 0.717) is 25.7 Å². The van der Waals surface area contributed by atoms with Gasteiger partial charge in [-0.25, -0.2) is 0 Å². The van der Waals surface area contributed by atoms with E-state index in [1.807, 2.05) is 0 Å². The van der Waals surface area contributed by atoms with Crippen molar-refractivity contribution in [1.82, 2.24) is 0 Å². The fourth-order valence-corrected chi connectivity index (χ4v) is 6.30. The monoisotopic (exact) mass is 384 g/mol. The van der Waals surface area contributed by atoms with Crippen molar-refractivity contribution in [2.75, 3.05) is 0 Å². The third-order valence-electron chi connectivity index (χ3n) is 3.87. The van der Waals surface area contributed by atoms with Crippen LogP contribution in [0, 0.1) is 5.92 Å². The van der Waals surface area contributed by atoms with Crippen LogP contribution in [0.15, 0.2) is 30.3 Å². The molecule has 19 heavy (non-hydrogen) atoms. The van der Waals surface area contributed by atoms with Gasteiger partial charge in [0.25, 0.3) is 0 Å². The topological polar surface area (TPSA) is 9.23 Å². The van der Waals surface area contributed by atoms with Gasteiger partial charge in [-0.15, -0.1) is 0 Å². The molecule has 4 atom stereocenters. The first-order valence-electron chi connectivity index (χ1n) is 6.48. The van der Waals surface area contributed by atoms with Crippen LogP contribution >= 0.6 is 34.8 Å². The second-order valence-corrected chi connectivity index (χ2v) is 10.3. The van der Waals surface area contributed by atoms with Gasteiger partial charge in [-0.3, -0.25) is 0 Å². The Hall–Kier alpha value is 0.569. The van der Waals surface area contributed by atoms with Gasteiger partial charge in [-0.05, 0) is 0 Å². The summed E-state index contributed by atoms with van der Waals surface area (Å²) in [5.41, 5.74) is 0. The Kier molecular flexibility index (Phi) is 4.39. The van der Waals surface area contributed by atoms with Crippen LogP contribution in [0.1, 0.15) is 19.3 Å². The van der Waals surface area contributed by atoms with Crippen LogP contribution in [-0.4, -0.2) is 31.0 Å². The molecule has 0 aromatic heterocycles. The number of rotatable bonds is 2. The van der Waals surface area contributed by atoms with E-state index in [1.54, 1.807) is 0 Å². The van der Waals surface area contributed by atoms with Gasteiger partial charge in [0, 0.05) is 0 Å². The molecular formula is C14H15Cl3OSe. The SMILES string of the molecule is ClC(Cl)(Cl)[C@@H]1O[C@@H]2C[C@H]1CC[C@H]2[Se]c1ccccc1. The first-order valence-corrected chi connectivity index (χ1v) is 9.46. The third kappa shape index (κ3) is 3.26. The minimum atomic E-state index is -1.28. The number of hydrogen-bond acceptors (Lipinski definition) is 1. The Balaban J connectivity index is 1.68. The van der Waals surface area contributed by atoms with Gasteiger partial charge in [0.15, 0.2) is 0 Å². The number of fused-ring (bicyclic) bond motifs is 2. The van der Waals surface area contributed by atoms with Crippen molar-refractivity contribution in [3.63, 3.8) is 0 Å². The molecule has 2 bridgehead atoms. The number of ether oxygens (including phenoxy) is 1. The van der Waals surface area contributed by atoms with Gasteiger partial charge in [-0.1, -0.05) is 0 Å². The Labute approximate surface area is 135 Å². The number of hydrogen-bond donors (Lipinski definition) is 0. The van der Waals surface area contributed by atoms with E-state index in [1.165, 1.54) is 10.9 Å². The van der Waals surface area contributed by atoms with E-state index >= 15 is 0 Å². The molecule has 2 aliphatic rings. The normalized spacial score (nSPS) is 34.5. The summed E-state index contributed by atoms with van der Waals surface area (Å²) in [6.07, 6.45) is 3.42. The summed E-state index contributed by atoms with van der Waals surface area (Å²) in [5, 5.41) is 0. The van der Waals surface area contributed by atoms with Crippen LogP contribution in [0.3, 0.4) is 0 Å². The van der Waals surface area contributed by atoms with E-state index < -0.39 is 3.79 Å². The second-order valence-electron chi connectivity index (χ2n) is 5.18. The Bertz CT molecular complexity index is 434. The average molecular weight is 385 g/mol. The van der Waals surface area contributed by atoms with Crippen molar-refractivity contribution in [3.8, 4) is 0 Å². The Morgan fingerprint density at radius 1 is 1.11 bits per heavy atom. The molecule has 1 nitrogen and oxygen atoms in total. The van der Waals surface area contributed by atoms with Gasteiger partial charge >= 0.3 is 135 Å². The first-order chi connectivity index (χ1) is 9.04. The van der Waals surface area contributed by atoms with Crippen molar-refractivity contribution in [2.24, 2.45) is 5.92 Å². The molecule has 0 spiro atoms. The van der Waals surface area contributed by atoms with Crippen molar-refractivity contribution < 1.29 is 4.74 Å². The van der Waals surface area contributed by atoms with Crippen LogP contribution in [0.25, 0.3) is 0 Å². The predicted molar refractivity (Wildman–Crippen MR) is 81.9 cm³/mol. The van der Waals surface area contributed by atoms with E-state index in [0.717, 1.165) is 12.8 Å². The van der Waals surface area contributed by atoms with Crippen molar-refractivity contribution in [1.29, 1.82) is 0 Å². The summed E-state index contributed by atoms with van der Waals surface area (Å²) in [6, 6.07) is 10.7. The van der Waals surface area contributed by atoms with Crippen molar-refractivity contribution >= 4 is 54.2 Å². The first kappa shape index (κ1) is 14.5. The van der Waals surface area contributed by atoms with E-state index in [-0.39, 0.29) is 12.2 Å². The molecule has 0 unspecified atom stereocenters. The number of benzene rings is 1. The fourth-order valence-electron chi connectivity index (χ4n) is 3.00. The summed E-state index contributed by atoms with van der Waals surface area (Å²) < 4.78 is 6.20. The molecule has 1 saturated heterocycles. The van der Waals surface area contributed by atoms with Crippen molar-refractivity contribution in [3.05, 3.63) is 30.3 Å². The molecule has 1 aromatic rings. The maximum atomic E-state index is 6.05. The molecule has 1 aliphatic heterocycles. The molecule has 1 aromatic carbocycles. The zero-order valence-electron chi connectivity index (χ0n) is 10.3. The standard InChI is InChI=1S/C14H15Cl3OSe/c15-14(16,17)13-9-6-7-12(11(8-9)18-13)19-10-4-2-1-3-5-10/h1-5,9,11-13H,6-8H2/t9-,11-,12-,13-/m1/s1. The van der Waals surface area contributed by atoms with E-state index in [9.17, 15) is 0 Å². The van der Waals surface area contributed by atoms with E-state index in [2.05, 4.69) is 30.3 Å². The van der Waals surface area contributed by atoms with Gasteiger partial charge in [0.1, 0.15) is 0 Å². The molecule has 2 fully saturated rings. The average Bonchev–Trinajstić information content (AvgIpc) is 2.73. The van der Waals surface area contributed by atoms with Crippen LogP contribution in [-0.2, 0) is 4.74 Å². The van der Waals surface area contributed by atoms with Crippen LogP contribution < -0.4 is 4.46 Å². The third-order valence-corrected chi connectivity index (χ3v) is 7.43. The van der Waals surface area contributed by atoms with Gasteiger partial charge in [0.2, 0.25) is 0 Å². The zero-order chi connectivity index (χ0) is 13.5. The Morgan fingerprint density at radius 3 is 2.53 bits per heavy atom. The molecule has 0 N–H and O–H groups in total. The zero-order valence-corrected chi connectivity index (χ0v) is 14.2. The molecular weight excluding hydrogens is 369 g/mol.